The largest absolute Gasteiger partial charge is 0.383 e. The maximum Gasteiger partial charge on any atom is 0.0589 e. The van der Waals surface area contributed by atoms with E-state index in [-0.39, 0.29) is 6.04 Å². The molecule has 0 bridgehead atoms. The molecule has 106 valence electrons. The van der Waals surface area contributed by atoms with Crippen molar-refractivity contribution in [3.63, 3.8) is 0 Å². The smallest absolute Gasteiger partial charge is 0.0589 e. The van der Waals surface area contributed by atoms with Gasteiger partial charge in [-0.3, -0.25) is 4.90 Å². The summed E-state index contributed by atoms with van der Waals surface area (Å²) < 4.78 is 5.24. The van der Waals surface area contributed by atoms with Crippen LogP contribution in [-0.2, 0) is 11.2 Å². The predicted octanol–water partition coefficient (Wildman–Crippen LogP) is 2.36. The lowest BCUT2D eigenvalue weighted by molar-refractivity contribution is 0.0769. The molecule has 0 aliphatic heterocycles. The summed E-state index contributed by atoms with van der Waals surface area (Å²) >= 11 is 0. The predicted molar refractivity (Wildman–Crippen MR) is 79.2 cm³/mol. The first kappa shape index (κ1) is 14.5. The fraction of sp³-hybridized carbons (Fsp3) is 0.625. The Labute approximate surface area is 116 Å². The summed E-state index contributed by atoms with van der Waals surface area (Å²) in [5.41, 5.74) is 9.26. The fourth-order valence-electron chi connectivity index (χ4n) is 3.15. The first-order valence-corrected chi connectivity index (χ1v) is 7.23. The molecular weight excluding hydrogens is 236 g/mol. The van der Waals surface area contributed by atoms with Crippen molar-refractivity contribution in [3.05, 3.63) is 35.4 Å². The summed E-state index contributed by atoms with van der Waals surface area (Å²) in [7, 11) is 1.76. The molecule has 0 saturated carbocycles. The second-order valence-electron chi connectivity index (χ2n) is 5.65. The highest BCUT2D eigenvalue weighted by molar-refractivity contribution is 5.33. The zero-order chi connectivity index (χ0) is 13.8. The van der Waals surface area contributed by atoms with Gasteiger partial charge in [-0.15, -0.1) is 0 Å². The highest BCUT2D eigenvalue weighted by Crippen LogP contribution is 2.32. The molecule has 2 unspecified atom stereocenters. The molecule has 3 nitrogen and oxygen atoms in total. The Bertz CT molecular complexity index is 405. The summed E-state index contributed by atoms with van der Waals surface area (Å²) in [6.45, 7) is 6.20. The van der Waals surface area contributed by atoms with Crippen molar-refractivity contribution in [2.75, 3.05) is 20.3 Å². The highest BCUT2D eigenvalue weighted by Gasteiger charge is 2.31. The van der Waals surface area contributed by atoms with Gasteiger partial charge in [-0.05, 0) is 37.8 Å². The van der Waals surface area contributed by atoms with E-state index >= 15 is 0 Å². The summed E-state index contributed by atoms with van der Waals surface area (Å²) in [6.07, 6.45) is 2.27. The lowest BCUT2D eigenvalue weighted by Crippen LogP contribution is -2.49. The highest BCUT2D eigenvalue weighted by atomic mass is 16.5. The van der Waals surface area contributed by atoms with Crippen LogP contribution in [0.5, 0.6) is 0 Å². The van der Waals surface area contributed by atoms with Crippen LogP contribution >= 0.6 is 0 Å². The van der Waals surface area contributed by atoms with Crippen molar-refractivity contribution >= 4 is 0 Å². The molecule has 2 atom stereocenters. The zero-order valence-corrected chi connectivity index (χ0v) is 12.3. The number of rotatable bonds is 5. The molecule has 19 heavy (non-hydrogen) atoms. The lowest BCUT2D eigenvalue weighted by Gasteiger charge is -2.41. The summed E-state index contributed by atoms with van der Waals surface area (Å²) in [4.78, 5) is 2.49. The number of hydrogen-bond acceptors (Lipinski definition) is 3. The molecule has 0 spiro atoms. The van der Waals surface area contributed by atoms with Crippen LogP contribution in [0.4, 0.5) is 0 Å². The molecular formula is C16H26N2O. The number of methoxy groups -OCH3 is 1. The van der Waals surface area contributed by atoms with Crippen LogP contribution < -0.4 is 5.73 Å². The molecule has 3 heteroatoms. The Morgan fingerprint density at radius 3 is 2.79 bits per heavy atom. The summed E-state index contributed by atoms with van der Waals surface area (Å²) in [5, 5.41) is 0. The third-order valence-electron chi connectivity index (χ3n) is 4.18. The molecule has 0 radical (unpaired) electrons. The number of ether oxygens (including phenoxy) is 1. The van der Waals surface area contributed by atoms with E-state index in [1.807, 2.05) is 0 Å². The van der Waals surface area contributed by atoms with Gasteiger partial charge in [0.1, 0.15) is 0 Å². The molecule has 1 aliphatic rings. The van der Waals surface area contributed by atoms with Gasteiger partial charge in [0.25, 0.3) is 0 Å². The van der Waals surface area contributed by atoms with E-state index in [1.54, 1.807) is 7.11 Å². The Morgan fingerprint density at radius 2 is 2.11 bits per heavy atom. The first-order chi connectivity index (χ1) is 9.15. The van der Waals surface area contributed by atoms with Crippen LogP contribution in [0, 0.1) is 0 Å². The molecule has 0 aromatic heterocycles. The molecule has 1 aromatic rings. The standard InChI is InChI=1S/C16H26N2O/c1-12(2)18(10-11-19-3)15-9-8-13-6-4-5-7-14(13)16(15)17/h4-7,12,15-16H,8-11,17H2,1-3H3. The molecule has 1 aromatic carbocycles. The number of fused-ring (bicyclic) bond motifs is 1. The monoisotopic (exact) mass is 262 g/mol. The van der Waals surface area contributed by atoms with Gasteiger partial charge >= 0.3 is 0 Å². The van der Waals surface area contributed by atoms with Crippen molar-refractivity contribution < 1.29 is 4.74 Å². The van der Waals surface area contributed by atoms with E-state index in [2.05, 4.69) is 43.0 Å². The SMILES string of the molecule is COCCN(C(C)C)C1CCc2ccccc2C1N. The normalized spacial score (nSPS) is 22.8. The van der Waals surface area contributed by atoms with Crippen molar-refractivity contribution in [3.8, 4) is 0 Å². The van der Waals surface area contributed by atoms with Crippen molar-refractivity contribution in [1.29, 1.82) is 0 Å². The average Bonchev–Trinajstić information content (AvgIpc) is 2.41. The number of aryl methyl sites for hydroxylation is 1. The molecule has 0 fully saturated rings. The van der Waals surface area contributed by atoms with E-state index in [4.69, 9.17) is 10.5 Å². The quantitative estimate of drug-likeness (QED) is 0.885. The van der Waals surface area contributed by atoms with Gasteiger partial charge in [0, 0.05) is 31.8 Å². The van der Waals surface area contributed by atoms with Gasteiger partial charge in [0.2, 0.25) is 0 Å². The van der Waals surface area contributed by atoms with E-state index in [1.165, 1.54) is 11.1 Å². The first-order valence-electron chi connectivity index (χ1n) is 7.23. The van der Waals surface area contributed by atoms with Crippen LogP contribution in [0.15, 0.2) is 24.3 Å². The maximum absolute atomic E-state index is 6.52. The van der Waals surface area contributed by atoms with E-state index in [0.29, 0.717) is 12.1 Å². The van der Waals surface area contributed by atoms with Gasteiger partial charge in [-0.2, -0.15) is 0 Å². The van der Waals surface area contributed by atoms with Crippen molar-refractivity contribution in [1.82, 2.24) is 4.90 Å². The van der Waals surface area contributed by atoms with Gasteiger partial charge in [0.15, 0.2) is 0 Å². The van der Waals surface area contributed by atoms with Gasteiger partial charge in [0.05, 0.1) is 6.61 Å². The minimum Gasteiger partial charge on any atom is -0.383 e. The molecule has 0 saturated heterocycles. The van der Waals surface area contributed by atoms with Crippen LogP contribution in [0.25, 0.3) is 0 Å². The lowest BCUT2D eigenvalue weighted by atomic mass is 9.83. The van der Waals surface area contributed by atoms with Crippen molar-refractivity contribution in [2.24, 2.45) is 5.73 Å². The van der Waals surface area contributed by atoms with Crippen LogP contribution in [0.3, 0.4) is 0 Å². The van der Waals surface area contributed by atoms with Crippen LogP contribution in [0.1, 0.15) is 37.4 Å². The van der Waals surface area contributed by atoms with Crippen molar-refractivity contribution in [2.45, 2.75) is 44.8 Å². The van der Waals surface area contributed by atoms with Gasteiger partial charge < -0.3 is 10.5 Å². The van der Waals surface area contributed by atoms with E-state index in [0.717, 1.165) is 26.0 Å². The third kappa shape index (κ3) is 3.16. The molecule has 0 amide bonds. The Hall–Kier alpha value is -0.900. The second kappa shape index (κ2) is 6.51. The number of nitrogens with two attached hydrogens (primary N) is 1. The Kier molecular flexibility index (Phi) is 4.97. The number of nitrogens with zero attached hydrogens (tertiary/aromatic N) is 1. The zero-order valence-electron chi connectivity index (χ0n) is 12.3. The number of benzene rings is 1. The molecule has 2 rings (SSSR count). The van der Waals surface area contributed by atoms with Gasteiger partial charge in [-0.1, -0.05) is 24.3 Å². The summed E-state index contributed by atoms with van der Waals surface area (Å²) in [6, 6.07) is 9.62. The molecule has 2 N–H and O–H groups in total. The Morgan fingerprint density at radius 1 is 1.37 bits per heavy atom. The minimum absolute atomic E-state index is 0.115. The average molecular weight is 262 g/mol. The van der Waals surface area contributed by atoms with E-state index < -0.39 is 0 Å². The molecule has 0 heterocycles. The molecule has 1 aliphatic carbocycles. The second-order valence-corrected chi connectivity index (χ2v) is 5.65. The summed E-state index contributed by atoms with van der Waals surface area (Å²) in [5.74, 6) is 0. The van der Waals surface area contributed by atoms with Crippen LogP contribution in [0.2, 0.25) is 0 Å². The third-order valence-corrected chi connectivity index (χ3v) is 4.18. The number of hydrogen-bond donors (Lipinski definition) is 1. The minimum atomic E-state index is 0.115. The maximum atomic E-state index is 6.52. The Balaban J connectivity index is 2.17. The topological polar surface area (TPSA) is 38.5 Å². The van der Waals surface area contributed by atoms with E-state index in [9.17, 15) is 0 Å². The fourth-order valence-corrected chi connectivity index (χ4v) is 3.15. The van der Waals surface area contributed by atoms with Gasteiger partial charge in [-0.25, -0.2) is 0 Å². The van der Waals surface area contributed by atoms with Crippen LogP contribution in [-0.4, -0.2) is 37.2 Å².